The van der Waals surface area contributed by atoms with Crippen LogP contribution in [0, 0.1) is 0 Å². The lowest BCUT2D eigenvalue weighted by atomic mass is 10.2. The fraction of sp³-hybridized carbons (Fsp3) is 0.333. The Morgan fingerprint density at radius 3 is 2.75 bits per heavy atom. The van der Waals surface area contributed by atoms with E-state index in [2.05, 4.69) is 0 Å². The standard InChI is InChI=1S/C9H14N2O/c1-2-12-8-3-4-9(11)7(5-8)6-10/h3-5H,2,6,10-11H2,1H3. The molecule has 0 aliphatic heterocycles. The Hall–Kier alpha value is -1.22. The van der Waals surface area contributed by atoms with Gasteiger partial charge >= 0.3 is 0 Å². The second-order valence-electron chi connectivity index (χ2n) is 2.50. The van der Waals surface area contributed by atoms with Gasteiger partial charge in [0.25, 0.3) is 0 Å². The molecule has 0 unspecified atom stereocenters. The molecule has 0 heterocycles. The molecular weight excluding hydrogens is 152 g/mol. The molecule has 0 radical (unpaired) electrons. The summed E-state index contributed by atoms with van der Waals surface area (Å²) in [5.41, 5.74) is 12.8. The van der Waals surface area contributed by atoms with Crippen LogP contribution in [0.4, 0.5) is 5.69 Å². The van der Waals surface area contributed by atoms with Gasteiger partial charge in [-0.3, -0.25) is 0 Å². The van der Waals surface area contributed by atoms with Gasteiger partial charge in [0.2, 0.25) is 0 Å². The van der Waals surface area contributed by atoms with Gasteiger partial charge in [0, 0.05) is 12.2 Å². The first-order valence-corrected chi connectivity index (χ1v) is 3.99. The van der Waals surface area contributed by atoms with Crippen LogP contribution < -0.4 is 16.2 Å². The van der Waals surface area contributed by atoms with Crippen molar-refractivity contribution in [1.82, 2.24) is 0 Å². The van der Waals surface area contributed by atoms with E-state index in [4.69, 9.17) is 16.2 Å². The average Bonchev–Trinajstić information content (AvgIpc) is 2.09. The van der Waals surface area contributed by atoms with E-state index in [-0.39, 0.29) is 0 Å². The lowest BCUT2D eigenvalue weighted by Crippen LogP contribution is -2.02. The number of benzene rings is 1. The first-order valence-electron chi connectivity index (χ1n) is 3.99. The van der Waals surface area contributed by atoms with Gasteiger partial charge in [-0.15, -0.1) is 0 Å². The lowest BCUT2D eigenvalue weighted by molar-refractivity contribution is 0.340. The maximum absolute atomic E-state index is 5.66. The van der Waals surface area contributed by atoms with Crippen molar-refractivity contribution in [2.75, 3.05) is 12.3 Å². The second kappa shape index (κ2) is 3.97. The molecule has 0 bridgehead atoms. The van der Waals surface area contributed by atoms with Gasteiger partial charge in [0.05, 0.1) is 6.61 Å². The molecule has 0 aromatic heterocycles. The summed E-state index contributed by atoms with van der Waals surface area (Å²) in [6, 6.07) is 5.53. The van der Waals surface area contributed by atoms with Crippen molar-refractivity contribution in [1.29, 1.82) is 0 Å². The summed E-state index contributed by atoms with van der Waals surface area (Å²) < 4.78 is 5.29. The van der Waals surface area contributed by atoms with Crippen LogP contribution >= 0.6 is 0 Å². The van der Waals surface area contributed by atoms with Crippen molar-refractivity contribution in [2.45, 2.75) is 13.5 Å². The molecule has 0 aliphatic carbocycles. The van der Waals surface area contributed by atoms with Gasteiger partial charge < -0.3 is 16.2 Å². The number of rotatable bonds is 3. The highest BCUT2D eigenvalue weighted by Crippen LogP contribution is 2.18. The van der Waals surface area contributed by atoms with Gasteiger partial charge in [-0.2, -0.15) is 0 Å². The lowest BCUT2D eigenvalue weighted by Gasteiger charge is -2.06. The second-order valence-corrected chi connectivity index (χ2v) is 2.50. The Labute approximate surface area is 72.3 Å². The molecule has 1 aromatic carbocycles. The third-order valence-electron chi connectivity index (χ3n) is 1.65. The summed E-state index contributed by atoms with van der Waals surface area (Å²) in [5, 5.41) is 0. The molecule has 12 heavy (non-hydrogen) atoms. The molecule has 0 saturated heterocycles. The highest BCUT2D eigenvalue weighted by atomic mass is 16.5. The Kier molecular flexibility index (Phi) is 2.94. The van der Waals surface area contributed by atoms with Gasteiger partial charge in [0.15, 0.2) is 0 Å². The van der Waals surface area contributed by atoms with E-state index >= 15 is 0 Å². The van der Waals surface area contributed by atoms with Crippen LogP contribution in [0.15, 0.2) is 18.2 Å². The van der Waals surface area contributed by atoms with Gasteiger partial charge in [-0.1, -0.05) is 0 Å². The molecular formula is C9H14N2O. The molecule has 3 heteroatoms. The molecule has 0 aliphatic rings. The number of nitrogens with two attached hydrogens (primary N) is 2. The van der Waals surface area contributed by atoms with Crippen LogP contribution in [0.5, 0.6) is 5.75 Å². The largest absolute Gasteiger partial charge is 0.494 e. The summed E-state index contributed by atoms with van der Waals surface area (Å²) in [6.07, 6.45) is 0. The van der Waals surface area contributed by atoms with Crippen molar-refractivity contribution in [3.05, 3.63) is 23.8 Å². The Balaban J connectivity index is 2.89. The molecule has 66 valence electrons. The van der Waals surface area contributed by atoms with E-state index in [9.17, 15) is 0 Å². The maximum Gasteiger partial charge on any atom is 0.119 e. The van der Waals surface area contributed by atoms with Crippen LogP contribution in [0.2, 0.25) is 0 Å². The number of ether oxygens (including phenoxy) is 1. The summed E-state index contributed by atoms with van der Waals surface area (Å²) in [5.74, 6) is 0.826. The minimum atomic E-state index is 0.451. The predicted molar refractivity (Wildman–Crippen MR) is 49.9 cm³/mol. The third kappa shape index (κ3) is 1.89. The van der Waals surface area contributed by atoms with E-state index in [1.165, 1.54) is 0 Å². The number of hydrogen-bond acceptors (Lipinski definition) is 3. The third-order valence-corrected chi connectivity index (χ3v) is 1.65. The summed E-state index contributed by atoms with van der Waals surface area (Å²) in [6.45, 7) is 3.05. The fourth-order valence-electron chi connectivity index (χ4n) is 1.02. The SMILES string of the molecule is CCOc1ccc(N)c(CN)c1. The molecule has 0 fully saturated rings. The smallest absolute Gasteiger partial charge is 0.119 e. The molecule has 4 N–H and O–H groups in total. The van der Waals surface area contributed by atoms with Crippen molar-refractivity contribution >= 4 is 5.69 Å². The Morgan fingerprint density at radius 1 is 1.42 bits per heavy atom. The number of anilines is 1. The van der Waals surface area contributed by atoms with E-state index in [0.29, 0.717) is 13.2 Å². The summed E-state index contributed by atoms with van der Waals surface area (Å²) >= 11 is 0. The average molecular weight is 166 g/mol. The molecule has 1 aromatic rings. The maximum atomic E-state index is 5.66. The van der Waals surface area contributed by atoms with E-state index in [0.717, 1.165) is 17.0 Å². The molecule has 3 nitrogen and oxygen atoms in total. The fourth-order valence-corrected chi connectivity index (χ4v) is 1.02. The van der Waals surface area contributed by atoms with Gasteiger partial charge in [-0.05, 0) is 30.7 Å². The highest BCUT2D eigenvalue weighted by Gasteiger charge is 1.98. The quantitative estimate of drug-likeness (QED) is 0.661. The first kappa shape index (κ1) is 8.87. The zero-order valence-corrected chi connectivity index (χ0v) is 7.21. The van der Waals surface area contributed by atoms with Crippen LogP contribution in [-0.2, 0) is 6.54 Å². The van der Waals surface area contributed by atoms with Crippen LogP contribution in [-0.4, -0.2) is 6.61 Å². The zero-order valence-electron chi connectivity index (χ0n) is 7.21. The Morgan fingerprint density at radius 2 is 2.17 bits per heavy atom. The van der Waals surface area contributed by atoms with Gasteiger partial charge in [0.1, 0.15) is 5.75 Å². The summed E-state index contributed by atoms with van der Waals surface area (Å²) in [4.78, 5) is 0. The minimum Gasteiger partial charge on any atom is -0.494 e. The number of nitrogen functional groups attached to an aromatic ring is 1. The monoisotopic (exact) mass is 166 g/mol. The van der Waals surface area contributed by atoms with Crippen molar-refractivity contribution in [2.24, 2.45) is 5.73 Å². The normalized spacial score (nSPS) is 9.83. The highest BCUT2D eigenvalue weighted by molar-refractivity contribution is 5.50. The van der Waals surface area contributed by atoms with E-state index in [1.807, 2.05) is 25.1 Å². The molecule has 0 atom stereocenters. The van der Waals surface area contributed by atoms with Crippen LogP contribution in [0.3, 0.4) is 0 Å². The molecule has 0 saturated carbocycles. The molecule has 0 spiro atoms. The minimum absolute atomic E-state index is 0.451. The first-order chi connectivity index (χ1) is 5.77. The molecule has 1 rings (SSSR count). The predicted octanol–water partition coefficient (Wildman–Crippen LogP) is 1.13. The van der Waals surface area contributed by atoms with Crippen LogP contribution in [0.1, 0.15) is 12.5 Å². The van der Waals surface area contributed by atoms with E-state index < -0.39 is 0 Å². The van der Waals surface area contributed by atoms with E-state index in [1.54, 1.807) is 0 Å². The number of hydrogen-bond donors (Lipinski definition) is 2. The molecule has 0 amide bonds. The van der Waals surface area contributed by atoms with Crippen molar-refractivity contribution < 1.29 is 4.74 Å². The zero-order chi connectivity index (χ0) is 8.97. The van der Waals surface area contributed by atoms with Gasteiger partial charge in [-0.25, -0.2) is 0 Å². The topological polar surface area (TPSA) is 61.3 Å². The van der Waals surface area contributed by atoms with Crippen LogP contribution in [0.25, 0.3) is 0 Å². The Bertz CT molecular complexity index is 261. The summed E-state index contributed by atoms with van der Waals surface area (Å²) in [7, 11) is 0. The van der Waals surface area contributed by atoms with Crippen molar-refractivity contribution in [3.63, 3.8) is 0 Å². The van der Waals surface area contributed by atoms with Crippen molar-refractivity contribution in [3.8, 4) is 5.75 Å².